The molecule has 2 aromatic rings. The minimum Gasteiger partial charge on any atom is -0.383 e. The molecule has 0 aliphatic heterocycles. The summed E-state index contributed by atoms with van der Waals surface area (Å²) in [5, 5.41) is 9.70. The number of benzene rings is 2. The van der Waals surface area contributed by atoms with Crippen molar-refractivity contribution in [3.05, 3.63) is 65.5 Å². The maximum Gasteiger partial charge on any atom is 0.191 e. The second-order valence-electron chi connectivity index (χ2n) is 5.53. The summed E-state index contributed by atoms with van der Waals surface area (Å²) in [5.74, 6) is 0.438. The van der Waals surface area contributed by atoms with Gasteiger partial charge in [0, 0.05) is 39.5 Å². The Hall–Kier alpha value is -2.60. The summed E-state index contributed by atoms with van der Waals surface area (Å²) in [6, 6.07) is 14.7. The van der Waals surface area contributed by atoms with E-state index in [1.54, 1.807) is 20.2 Å². The van der Waals surface area contributed by atoms with Gasteiger partial charge in [-0.15, -0.1) is 0 Å². The molecule has 0 saturated carbocycles. The van der Waals surface area contributed by atoms with Crippen LogP contribution in [0.15, 0.2) is 53.5 Å². The molecule has 25 heavy (non-hydrogen) atoms. The number of guanidine groups is 1. The number of hydrogen-bond acceptors (Lipinski definition) is 3. The number of ether oxygens (including phenoxy) is 1. The molecule has 0 unspecified atom stereocenters. The van der Waals surface area contributed by atoms with Crippen LogP contribution in [0.4, 0.5) is 10.1 Å². The molecular formula is C19H25FN4O. The third-order valence-electron chi connectivity index (χ3n) is 3.62. The zero-order valence-electron chi connectivity index (χ0n) is 14.7. The van der Waals surface area contributed by atoms with E-state index in [1.807, 2.05) is 18.2 Å². The number of halogens is 1. The summed E-state index contributed by atoms with van der Waals surface area (Å²) >= 11 is 0. The summed E-state index contributed by atoms with van der Waals surface area (Å²) in [5.41, 5.74) is 3.08. The maximum atomic E-state index is 13.2. The zero-order valence-corrected chi connectivity index (χ0v) is 14.7. The summed E-state index contributed by atoms with van der Waals surface area (Å²) < 4.78 is 18.2. The van der Waals surface area contributed by atoms with Crippen molar-refractivity contribution in [3.63, 3.8) is 0 Å². The number of nitrogens with one attached hydrogen (secondary N) is 3. The van der Waals surface area contributed by atoms with E-state index in [0.717, 1.165) is 23.4 Å². The Labute approximate surface area is 148 Å². The fourth-order valence-electron chi connectivity index (χ4n) is 2.28. The van der Waals surface area contributed by atoms with Crippen molar-refractivity contribution in [3.8, 4) is 0 Å². The minimum atomic E-state index is -0.235. The average molecular weight is 344 g/mol. The SMILES string of the molecule is CN=C(NCc1ccc(NCCOC)cc1)NCc1cccc(F)c1. The lowest BCUT2D eigenvalue weighted by Crippen LogP contribution is -2.36. The topological polar surface area (TPSA) is 57.7 Å². The zero-order chi connectivity index (χ0) is 17.9. The molecule has 0 heterocycles. The highest BCUT2D eigenvalue weighted by molar-refractivity contribution is 5.79. The van der Waals surface area contributed by atoms with Crippen LogP contribution >= 0.6 is 0 Å². The van der Waals surface area contributed by atoms with E-state index < -0.39 is 0 Å². The number of aliphatic imine (C=N–C) groups is 1. The summed E-state index contributed by atoms with van der Waals surface area (Å²) in [6.45, 7) is 2.63. The number of methoxy groups -OCH3 is 1. The first-order valence-electron chi connectivity index (χ1n) is 8.22. The van der Waals surface area contributed by atoms with Crippen LogP contribution in [0.1, 0.15) is 11.1 Å². The van der Waals surface area contributed by atoms with Crippen LogP contribution in [0.2, 0.25) is 0 Å². The number of rotatable bonds is 8. The molecular weight excluding hydrogens is 319 g/mol. The van der Waals surface area contributed by atoms with Crippen molar-refractivity contribution in [2.45, 2.75) is 13.1 Å². The van der Waals surface area contributed by atoms with Crippen LogP contribution in [0.5, 0.6) is 0 Å². The molecule has 2 aromatic carbocycles. The smallest absolute Gasteiger partial charge is 0.191 e. The third kappa shape index (κ3) is 6.81. The second-order valence-corrected chi connectivity index (χ2v) is 5.53. The van der Waals surface area contributed by atoms with Crippen molar-refractivity contribution >= 4 is 11.6 Å². The first kappa shape index (κ1) is 18.7. The molecule has 0 spiro atoms. The van der Waals surface area contributed by atoms with E-state index in [9.17, 15) is 4.39 Å². The Morgan fingerprint density at radius 1 is 1.04 bits per heavy atom. The highest BCUT2D eigenvalue weighted by Gasteiger charge is 2.00. The number of anilines is 1. The quantitative estimate of drug-likeness (QED) is 0.392. The van der Waals surface area contributed by atoms with Gasteiger partial charge < -0.3 is 20.7 Å². The molecule has 0 radical (unpaired) electrons. The average Bonchev–Trinajstić information content (AvgIpc) is 2.63. The van der Waals surface area contributed by atoms with Gasteiger partial charge in [-0.05, 0) is 35.4 Å². The van der Waals surface area contributed by atoms with Gasteiger partial charge in [0.15, 0.2) is 5.96 Å². The molecule has 6 heteroatoms. The van der Waals surface area contributed by atoms with Crippen LogP contribution in [-0.2, 0) is 17.8 Å². The fraction of sp³-hybridized carbons (Fsp3) is 0.316. The summed E-state index contributed by atoms with van der Waals surface area (Å²) in [7, 11) is 3.40. The van der Waals surface area contributed by atoms with E-state index in [2.05, 4.69) is 33.1 Å². The van der Waals surface area contributed by atoms with Gasteiger partial charge in [0.2, 0.25) is 0 Å². The number of hydrogen-bond donors (Lipinski definition) is 3. The van der Waals surface area contributed by atoms with Crippen molar-refractivity contribution in [1.82, 2.24) is 10.6 Å². The van der Waals surface area contributed by atoms with Gasteiger partial charge in [0.1, 0.15) is 5.82 Å². The van der Waals surface area contributed by atoms with Crippen molar-refractivity contribution in [2.75, 3.05) is 32.6 Å². The standard InChI is InChI=1S/C19H25FN4O/c1-21-19(24-14-16-4-3-5-17(20)12-16)23-13-15-6-8-18(9-7-15)22-10-11-25-2/h3-9,12,22H,10-11,13-14H2,1-2H3,(H2,21,23,24). The molecule has 0 fully saturated rings. The van der Waals surface area contributed by atoms with Crippen LogP contribution in [0.25, 0.3) is 0 Å². The Bertz CT molecular complexity index is 673. The lowest BCUT2D eigenvalue weighted by molar-refractivity contribution is 0.211. The van der Waals surface area contributed by atoms with Crippen LogP contribution < -0.4 is 16.0 Å². The molecule has 0 bridgehead atoms. The Morgan fingerprint density at radius 2 is 1.76 bits per heavy atom. The molecule has 3 N–H and O–H groups in total. The van der Waals surface area contributed by atoms with Gasteiger partial charge in [-0.25, -0.2) is 4.39 Å². The van der Waals surface area contributed by atoms with Gasteiger partial charge in [-0.3, -0.25) is 4.99 Å². The predicted molar refractivity (Wildman–Crippen MR) is 100 cm³/mol. The third-order valence-corrected chi connectivity index (χ3v) is 3.62. The molecule has 0 atom stereocenters. The molecule has 0 aromatic heterocycles. The molecule has 2 rings (SSSR count). The Kier molecular flexibility index (Phi) is 7.72. The molecule has 0 aliphatic carbocycles. The van der Waals surface area contributed by atoms with Gasteiger partial charge >= 0.3 is 0 Å². The highest BCUT2D eigenvalue weighted by Crippen LogP contribution is 2.09. The first-order valence-corrected chi connectivity index (χ1v) is 8.22. The van der Waals surface area contributed by atoms with Crippen molar-refractivity contribution in [1.29, 1.82) is 0 Å². The van der Waals surface area contributed by atoms with E-state index in [0.29, 0.717) is 25.7 Å². The number of nitrogens with zero attached hydrogens (tertiary/aromatic N) is 1. The Balaban J connectivity index is 1.78. The molecule has 0 saturated heterocycles. The van der Waals surface area contributed by atoms with Crippen molar-refractivity contribution in [2.24, 2.45) is 4.99 Å². The lowest BCUT2D eigenvalue weighted by Gasteiger charge is -2.12. The van der Waals surface area contributed by atoms with Crippen LogP contribution in [-0.4, -0.2) is 33.3 Å². The van der Waals surface area contributed by atoms with E-state index in [4.69, 9.17) is 4.74 Å². The van der Waals surface area contributed by atoms with E-state index in [1.165, 1.54) is 12.1 Å². The molecule has 0 amide bonds. The van der Waals surface area contributed by atoms with Gasteiger partial charge in [-0.1, -0.05) is 24.3 Å². The summed E-state index contributed by atoms with van der Waals surface area (Å²) in [4.78, 5) is 4.18. The van der Waals surface area contributed by atoms with Crippen molar-refractivity contribution < 1.29 is 9.13 Å². The van der Waals surface area contributed by atoms with Crippen LogP contribution in [0.3, 0.4) is 0 Å². The molecule has 5 nitrogen and oxygen atoms in total. The predicted octanol–water partition coefficient (Wildman–Crippen LogP) is 2.75. The first-order chi connectivity index (χ1) is 12.2. The second kappa shape index (κ2) is 10.3. The highest BCUT2D eigenvalue weighted by atomic mass is 19.1. The molecule has 134 valence electrons. The largest absolute Gasteiger partial charge is 0.383 e. The summed E-state index contributed by atoms with van der Waals surface area (Å²) in [6.07, 6.45) is 0. The molecule has 0 aliphatic rings. The van der Waals surface area contributed by atoms with E-state index >= 15 is 0 Å². The normalized spacial score (nSPS) is 11.2. The van der Waals surface area contributed by atoms with Crippen LogP contribution in [0, 0.1) is 5.82 Å². The van der Waals surface area contributed by atoms with Gasteiger partial charge in [-0.2, -0.15) is 0 Å². The van der Waals surface area contributed by atoms with Gasteiger partial charge in [0.05, 0.1) is 6.61 Å². The Morgan fingerprint density at radius 3 is 2.40 bits per heavy atom. The maximum absolute atomic E-state index is 13.2. The van der Waals surface area contributed by atoms with E-state index in [-0.39, 0.29) is 5.82 Å². The monoisotopic (exact) mass is 344 g/mol. The fourth-order valence-corrected chi connectivity index (χ4v) is 2.28. The minimum absolute atomic E-state index is 0.235. The lowest BCUT2D eigenvalue weighted by atomic mass is 10.2. The van der Waals surface area contributed by atoms with Gasteiger partial charge in [0.25, 0.3) is 0 Å².